The van der Waals surface area contributed by atoms with E-state index in [1.165, 1.54) is 0 Å². The fourth-order valence-corrected chi connectivity index (χ4v) is 2.01. The average molecular weight is 320 g/mol. The largest absolute Gasteiger partial charge is 0.481 e. The van der Waals surface area contributed by atoms with Crippen LogP contribution in [0.5, 0.6) is 0 Å². The average Bonchev–Trinajstić information content (AvgIpc) is 2.51. The Morgan fingerprint density at radius 3 is 1.96 bits per heavy atom. The predicted octanol–water partition coefficient (Wildman–Crippen LogP) is 5.19. The molecule has 3 nitrogen and oxygen atoms in total. The van der Waals surface area contributed by atoms with E-state index < -0.39 is 5.97 Å². The third kappa shape index (κ3) is 18.3. The summed E-state index contributed by atoms with van der Waals surface area (Å²) in [4.78, 5) is 10.3. The molecule has 0 aromatic rings. The molecule has 0 spiro atoms. The van der Waals surface area contributed by atoms with Gasteiger partial charge in [-0.15, -0.1) is 0 Å². The summed E-state index contributed by atoms with van der Waals surface area (Å²) in [5, 5.41) is 18.0. The van der Waals surface area contributed by atoms with Gasteiger partial charge in [0.2, 0.25) is 0 Å². The van der Waals surface area contributed by atoms with E-state index >= 15 is 0 Å². The minimum atomic E-state index is -0.725. The Kier molecular flexibility index (Phi) is 15.6. The van der Waals surface area contributed by atoms with E-state index in [-0.39, 0.29) is 12.5 Å². The van der Waals surface area contributed by atoms with E-state index in [0.717, 1.165) is 44.9 Å². The van der Waals surface area contributed by atoms with Gasteiger partial charge < -0.3 is 10.2 Å². The third-order valence-corrected chi connectivity index (χ3v) is 3.27. The molecule has 0 aliphatic heterocycles. The van der Waals surface area contributed by atoms with Crippen molar-refractivity contribution in [2.45, 2.75) is 70.8 Å². The standard InChI is InChI=1S/C20H32O3/c1-2-16-19(21)17-14-12-10-8-6-4-3-5-7-9-11-13-15-18-20(22)23/h3,5-6,8-9,11-12,14,19,21H,2,4,7,10,13,15-18H2,1H3,(H,22,23)/b5-3-,8-6-,11-9-,14-12-/t19-/m1/s1. The molecule has 0 saturated carbocycles. The van der Waals surface area contributed by atoms with Gasteiger partial charge in [-0.3, -0.25) is 4.79 Å². The van der Waals surface area contributed by atoms with E-state index in [1.807, 2.05) is 6.08 Å². The number of carboxylic acids is 1. The molecule has 0 aromatic carbocycles. The van der Waals surface area contributed by atoms with E-state index in [0.29, 0.717) is 6.42 Å². The number of aliphatic carboxylic acids is 1. The van der Waals surface area contributed by atoms with Crippen LogP contribution in [0.2, 0.25) is 0 Å². The number of carboxylic acid groups (broad SMARTS) is 1. The second-order valence-electron chi connectivity index (χ2n) is 5.56. The Morgan fingerprint density at radius 1 is 0.913 bits per heavy atom. The van der Waals surface area contributed by atoms with E-state index in [2.05, 4.69) is 49.5 Å². The summed E-state index contributed by atoms with van der Waals surface area (Å²) in [6, 6.07) is 0. The quantitative estimate of drug-likeness (QED) is 0.342. The number of aliphatic hydroxyl groups excluding tert-OH is 1. The Hall–Kier alpha value is -1.61. The summed E-state index contributed by atoms with van der Waals surface area (Å²) in [6.45, 7) is 2.08. The zero-order valence-electron chi connectivity index (χ0n) is 14.4. The van der Waals surface area contributed by atoms with Crippen LogP contribution in [0.25, 0.3) is 0 Å². The Bertz CT molecular complexity index is 392. The lowest BCUT2D eigenvalue weighted by Crippen LogP contribution is -2.02. The van der Waals surface area contributed by atoms with Gasteiger partial charge in [-0.05, 0) is 44.9 Å². The molecule has 23 heavy (non-hydrogen) atoms. The summed E-state index contributed by atoms with van der Waals surface area (Å²) in [7, 11) is 0. The summed E-state index contributed by atoms with van der Waals surface area (Å²) >= 11 is 0. The topological polar surface area (TPSA) is 57.5 Å². The van der Waals surface area contributed by atoms with Crippen LogP contribution < -0.4 is 0 Å². The normalized spacial score (nSPS) is 13.8. The molecule has 3 heteroatoms. The zero-order chi connectivity index (χ0) is 17.2. The number of rotatable bonds is 14. The predicted molar refractivity (Wildman–Crippen MR) is 97.4 cm³/mol. The maximum atomic E-state index is 10.3. The van der Waals surface area contributed by atoms with Crippen molar-refractivity contribution in [1.29, 1.82) is 0 Å². The number of hydrogen-bond donors (Lipinski definition) is 2. The van der Waals surface area contributed by atoms with Gasteiger partial charge in [0, 0.05) is 6.42 Å². The molecule has 130 valence electrons. The van der Waals surface area contributed by atoms with Crippen LogP contribution in [0.1, 0.15) is 64.7 Å². The van der Waals surface area contributed by atoms with Crippen LogP contribution in [-0.4, -0.2) is 22.3 Å². The van der Waals surface area contributed by atoms with Crippen LogP contribution in [-0.2, 0) is 4.79 Å². The fourth-order valence-electron chi connectivity index (χ4n) is 2.01. The van der Waals surface area contributed by atoms with E-state index in [4.69, 9.17) is 5.11 Å². The smallest absolute Gasteiger partial charge is 0.303 e. The first-order chi connectivity index (χ1) is 11.2. The van der Waals surface area contributed by atoms with Crippen molar-refractivity contribution < 1.29 is 15.0 Å². The van der Waals surface area contributed by atoms with Gasteiger partial charge in [0.1, 0.15) is 0 Å². The maximum Gasteiger partial charge on any atom is 0.303 e. The van der Waals surface area contributed by atoms with Gasteiger partial charge >= 0.3 is 5.97 Å². The molecule has 0 heterocycles. The van der Waals surface area contributed by atoms with Crippen molar-refractivity contribution in [1.82, 2.24) is 0 Å². The molecule has 0 saturated heterocycles. The molecule has 0 aliphatic carbocycles. The summed E-state index contributed by atoms with van der Waals surface area (Å²) < 4.78 is 0. The maximum absolute atomic E-state index is 10.3. The molecule has 1 atom stereocenters. The third-order valence-electron chi connectivity index (χ3n) is 3.27. The number of unbranched alkanes of at least 4 members (excludes halogenated alkanes) is 1. The molecule has 0 bridgehead atoms. The molecule has 2 N–H and O–H groups in total. The molecular weight excluding hydrogens is 288 g/mol. The highest BCUT2D eigenvalue weighted by atomic mass is 16.4. The van der Waals surface area contributed by atoms with Crippen molar-refractivity contribution >= 4 is 5.97 Å². The zero-order valence-corrected chi connectivity index (χ0v) is 14.4. The minimum Gasteiger partial charge on any atom is -0.481 e. The molecule has 0 aromatic heterocycles. The number of allylic oxidation sites excluding steroid dienone is 7. The number of hydrogen-bond acceptors (Lipinski definition) is 2. The fraction of sp³-hybridized carbons (Fsp3) is 0.550. The molecule has 0 amide bonds. The summed E-state index contributed by atoms with van der Waals surface area (Å²) in [5.74, 6) is -0.725. The first kappa shape index (κ1) is 21.4. The summed E-state index contributed by atoms with van der Waals surface area (Å²) in [5.41, 5.74) is 0. The van der Waals surface area contributed by atoms with Crippen LogP contribution >= 0.6 is 0 Å². The lowest BCUT2D eigenvalue weighted by Gasteiger charge is -2.03. The molecular formula is C20H32O3. The van der Waals surface area contributed by atoms with Crippen LogP contribution in [0.4, 0.5) is 0 Å². The molecule has 0 rings (SSSR count). The van der Waals surface area contributed by atoms with E-state index in [1.54, 1.807) is 0 Å². The highest BCUT2D eigenvalue weighted by molar-refractivity contribution is 5.66. The van der Waals surface area contributed by atoms with Crippen molar-refractivity contribution in [2.75, 3.05) is 0 Å². The van der Waals surface area contributed by atoms with Gasteiger partial charge in [-0.1, -0.05) is 62.0 Å². The lowest BCUT2D eigenvalue weighted by molar-refractivity contribution is -0.137. The first-order valence-corrected chi connectivity index (χ1v) is 8.66. The molecule has 0 radical (unpaired) electrons. The van der Waals surface area contributed by atoms with Crippen molar-refractivity contribution in [3.8, 4) is 0 Å². The second-order valence-corrected chi connectivity index (χ2v) is 5.56. The number of aliphatic hydroxyl groups is 1. The van der Waals surface area contributed by atoms with Gasteiger partial charge in [-0.25, -0.2) is 0 Å². The van der Waals surface area contributed by atoms with Crippen molar-refractivity contribution in [3.05, 3.63) is 48.6 Å². The van der Waals surface area contributed by atoms with Gasteiger partial charge in [0.25, 0.3) is 0 Å². The Balaban J connectivity index is 3.50. The lowest BCUT2D eigenvalue weighted by atomic mass is 10.1. The SMILES string of the molecule is CCC[C@@H](O)C/C=C\C/C=C\C/C=C\C/C=C\CCCC(=O)O. The monoisotopic (exact) mass is 320 g/mol. The van der Waals surface area contributed by atoms with Crippen LogP contribution in [0.15, 0.2) is 48.6 Å². The molecule has 0 fully saturated rings. The minimum absolute atomic E-state index is 0.194. The van der Waals surface area contributed by atoms with Gasteiger partial charge in [0.05, 0.1) is 6.10 Å². The van der Waals surface area contributed by atoms with Crippen molar-refractivity contribution in [3.63, 3.8) is 0 Å². The van der Waals surface area contributed by atoms with Gasteiger partial charge in [-0.2, -0.15) is 0 Å². The number of carbonyl (C=O) groups is 1. The van der Waals surface area contributed by atoms with Crippen LogP contribution in [0, 0.1) is 0 Å². The highest BCUT2D eigenvalue weighted by Crippen LogP contribution is 2.02. The molecule has 0 unspecified atom stereocenters. The van der Waals surface area contributed by atoms with Crippen LogP contribution in [0.3, 0.4) is 0 Å². The molecule has 0 aliphatic rings. The first-order valence-electron chi connectivity index (χ1n) is 8.66. The van der Waals surface area contributed by atoms with Gasteiger partial charge in [0.15, 0.2) is 0 Å². The second kappa shape index (κ2) is 16.8. The highest BCUT2D eigenvalue weighted by Gasteiger charge is 1.97. The summed E-state index contributed by atoms with van der Waals surface area (Å²) in [6.07, 6.45) is 23.8. The Labute approximate surface area is 141 Å². The Morgan fingerprint density at radius 2 is 1.43 bits per heavy atom. The van der Waals surface area contributed by atoms with E-state index in [9.17, 15) is 9.90 Å². The van der Waals surface area contributed by atoms with Crippen molar-refractivity contribution in [2.24, 2.45) is 0 Å².